The third-order valence-electron chi connectivity index (χ3n) is 4.50. The lowest BCUT2D eigenvalue weighted by Crippen LogP contribution is -2.44. The first-order valence-electron chi connectivity index (χ1n) is 9.68. The van der Waals surface area contributed by atoms with E-state index in [-0.39, 0.29) is 12.0 Å². The van der Waals surface area contributed by atoms with Gasteiger partial charge in [0.1, 0.15) is 6.10 Å². The van der Waals surface area contributed by atoms with Crippen molar-refractivity contribution in [2.75, 3.05) is 51.8 Å². The molecular formula is C20H28N6O3. The predicted octanol–water partition coefficient (Wildman–Crippen LogP) is 1.37. The van der Waals surface area contributed by atoms with Gasteiger partial charge in [0.25, 0.3) is 0 Å². The molecule has 156 valence electrons. The molecule has 3 heterocycles. The number of amides is 1. The Labute approximate surface area is 170 Å². The Morgan fingerprint density at radius 3 is 2.79 bits per heavy atom. The van der Waals surface area contributed by atoms with E-state index < -0.39 is 0 Å². The van der Waals surface area contributed by atoms with Gasteiger partial charge in [-0.2, -0.15) is 0 Å². The van der Waals surface area contributed by atoms with E-state index in [1.807, 2.05) is 32.0 Å². The minimum Gasteiger partial charge on any atom is -0.383 e. The molecule has 3 rings (SSSR count). The predicted molar refractivity (Wildman–Crippen MR) is 109 cm³/mol. The zero-order chi connectivity index (χ0) is 20.6. The second kappa shape index (κ2) is 10.2. The van der Waals surface area contributed by atoms with Gasteiger partial charge in [-0.1, -0.05) is 0 Å². The summed E-state index contributed by atoms with van der Waals surface area (Å²) in [6.07, 6.45) is 1.58. The number of methoxy groups -OCH3 is 1. The summed E-state index contributed by atoms with van der Waals surface area (Å²) >= 11 is 0. The van der Waals surface area contributed by atoms with Gasteiger partial charge in [-0.05, 0) is 32.0 Å². The van der Waals surface area contributed by atoms with Gasteiger partial charge >= 0.3 is 0 Å². The third-order valence-corrected chi connectivity index (χ3v) is 4.50. The molecule has 1 fully saturated rings. The van der Waals surface area contributed by atoms with E-state index in [9.17, 15) is 4.79 Å². The highest BCUT2D eigenvalue weighted by Crippen LogP contribution is 2.22. The number of hydrogen-bond donors (Lipinski definition) is 2. The number of hydrogen-bond acceptors (Lipinski definition) is 8. The van der Waals surface area contributed by atoms with Crippen molar-refractivity contribution in [1.29, 1.82) is 0 Å². The van der Waals surface area contributed by atoms with Crippen LogP contribution in [-0.4, -0.2) is 72.3 Å². The molecule has 1 atom stereocenters. The summed E-state index contributed by atoms with van der Waals surface area (Å²) in [5, 5.41) is 6.02. The van der Waals surface area contributed by atoms with Gasteiger partial charge in [0, 0.05) is 38.1 Å². The Morgan fingerprint density at radius 2 is 2.10 bits per heavy atom. The molecule has 1 aliphatic heterocycles. The quantitative estimate of drug-likeness (QED) is 0.641. The van der Waals surface area contributed by atoms with E-state index in [0.29, 0.717) is 38.8 Å². The molecule has 0 aromatic carbocycles. The van der Waals surface area contributed by atoms with Gasteiger partial charge in [0.05, 0.1) is 37.3 Å². The van der Waals surface area contributed by atoms with Crippen molar-refractivity contribution in [1.82, 2.24) is 25.2 Å². The zero-order valence-electron chi connectivity index (χ0n) is 17.1. The van der Waals surface area contributed by atoms with Crippen molar-refractivity contribution in [3.63, 3.8) is 0 Å². The largest absolute Gasteiger partial charge is 0.383 e. The maximum Gasteiger partial charge on any atom is 0.234 e. The molecular weight excluding hydrogens is 372 g/mol. The summed E-state index contributed by atoms with van der Waals surface area (Å²) in [6, 6.07) is 5.79. The van der Waals surface area contributed by atoms with Crippen molar-refractivity contribution >= 4 is 17.5 Å². The second-order valence-corrected chi connectivity index (χ2v) is 7.01. The van der Waals surface area contributed by atoms with E-state index >= 15 is 0 Å². The van der Waals surface area contributed by atoms with E-state index in [4.69, 9.17) is 9.47 Å². The van der Waals surface area contributed by atoms with Crippen molar-refractivity contribution in [2.24, 2.45) is 0 Å². The molecule has 0 aliphatic carbocycles. The van der Waals surface area contributed by atoms with Crippen LogP contribution in [-0.2, 0) is 14.3 Å². The lowest BCUT2D eigenvalue weighted by Gasteiger charge is -2.32. The summed E-state index contributed by atoms with van der Waals surface area (Å²) < 4.78 is 10.8. The van der Waals surface area contributed by atoms with Crippen LogP contribution in [0.3, 0.4) is 0 Å². The smallest absolute Gasteiger partial charge is 0.234 e. The number of morpholine rings is 1. The van der Waals surface area contributed by atoms with Crippen LogP contribution in [0.1, 0.15) is 23.2 Å². The Morgan fingerprint density at radius 1 is 1.31 bits per heavy atom. The minimum absolute atomic E-state index is 0.0105. The van der Waals surface area contributed by atoms with Crippen molar-refractivity contribution in [3.05, 3.63) is 41.5 Å². The molecule has 1 aliphatic rings. The number of ether oxygens (including phenoxy) is 2. The van der Waals surface area contributed by atoms with Crippen LogP contribution in [0.5, 0.6) is 0 Å². The van der Waals surface area contributed by atoms with Crippen LogP contribution in [0, 0.1) is 13.8 Å². The van der Waals surface area contributed by atoms with Crippen LogP contribution in [0.4, 0.5) is 11.6 Å². The number of carbonyl (C=O) groups excluding carboxylic acids is 1. The van der Waals surface area contributed by atoms with Crippen LogP contribution in [0.15, 0.2) is 24.4 Å². The maximum absolute atomic E-state index is 12.0. The van der Waals surface area contributed by atoms with E-state index in [0.717, 1.165) is 29.3 Å². The molecule has 0 saturated carbocycles. The maximum atomic E-state index is 12.0. The molecule has 29 heavy (non-hydrogen) atoms. The van der Waals surface area contributed by atoms with Gasteiger partial charge in [0.15, 0.2) is 0 Å². The molecule has 2 aromatic rings. The highest BCUT2D eigenvalue weighted by atomic mass is 16.5. The van der Waals surface area contributed by atoms with Crippen molar-refractivity contribution < 1.29 is 14.3 Å². The highest BCUT2D eigenvalue weighted by molar-refractivity contribution is 5.78. The molecule has 0 unspecified atom stereocenters. The first-order valence-corrected chi connectivity index (χ1v) is 9.68. The second-order valence-electron chi connectivity index (χ2n) is 7.01. The van der Waals surface area contributed by atoms with Gasteiger partial charge in [-0.25, -0.2) is 9.97 Å². The lowest BCUT2D eigenvalue weighted by molar-refractivity contribution is -0.124. The molecule has 0 spiro atoms. The number of rotatable bonds is 8. The summed E-state index contributed by atoms with van der Waals surface area (Å²) in [4.78, 5) is 27.4. The van der Waals surface area contributed by atoms with E-state index in [2.05, 4.69) is 30.5 Å². The minimum atomic E-state index is -0.165. The van der Waals surface area contributed by atoms with Crippen LogP contribution in [0.25, 0.3) is 0 Å². The van der Waals surface area contributed by atoms with E-state index in [1.54, 1.807) is 13.3 Å². The van der Waals surface area contributed by atoms with Gasteiger partial charge in [-0.15, -0.1) is 0 Å². The molecule has 1 saturated heterocycles. The summed E-state index contributed by atoms with van der Waals surface area (Å²) in [5.74, 6) is 0.542. The summed E-state index contributed by atoms with van der Waals surface area (Å²) in [5.41, 5.74) is 3.46. The monoisotopic (exact) mass is 400 g/mol. The average Bonchev–Trinajstić information content (AvgIpc) is 2.68. The third kappa shape index (κ3) is 6.45. The van der Waals surface area contributed by atoms with Gasteiger partial charge < -0.3 is 20.1 Å². The van der Waals surface area contributed by atoms with Crippen molar-refractivity contribution in [2.45, 2.75) is 20.0 Å². The molecule has 9 nitrogen and oxygen atoms in total. The fourth-order valence-electron chi connectivity index (χ4n) is 3.16. The number of aryl methyl sites for hydroxylation is 2. The molecule has 2 N–H and O–H groups in total. The summed E-state index contributed by atoms with van der Waals surface area (Å²) in [7, 11) is 1.61. The number of aromatic nitrogens is 3. The standard InChI is InChI=1S/C20H28N6O3/c1-14-10-15(2)24-20(23-14)25-16-4-5-17(22-11-16)18-12-26(7-9-29-18)13-19(27)21-6-8-28-3/h4-5,10-11,18H,6-9,12-13H2,1-3H3,(H,21,27)(H,23,24,25)/t18-/m1/s1. The topological polar surface area (TPSA) is 102 Å². The van der Waals surface area contributed by atoms with E-state index in [1.165, 1.54) is 0 Å². The first-order chi connectivity index (χ1) is 14.0. The fraction of sp³-hybridized carbons (Fsp3) is 0.500. The molecule has 0 radical (unpaired) electrons. The molecule has 0 bridgehead atoms. The Bertz CT molecular complexity index is 794. The fourth-order valence-corrected chi connectivity index (χ4v) is 3.16. The number of pyridine rings is 1. The number of carbonyl (C=O) groups is 1. The lowest BCUT2D eigenvalue weighted by atomic mass is 10.2. The molecule has 1 amide bonds. The SMILES string of the molecule is COCCNC(=O)CN1CCO[C@@H](c2ccc(Nc3nc(C)cc(C)n3)cn2)C1. The number of anilines is 2. The summed E-state index contributed by atoms with van der Waals surface area (Å²) in [6.45, 7) is 7.14. The van der Waals surface area contributed by atoms with Gasteiger partial charge in [0.2, 0.25) is 11.9 Å². The number of nitrogens with zero attached hydrogens (tertiary/aromatic N) is 4. The zero-order valence-corrected chi connectivity index (χ0v) is 17.1. The molecule has 2 aromatic heterocycles. The first kappa shape index (κ1) is 21.1. The molecule has 9 heteroatoms. The van der Waals surface area contributed by atoms with Crippen molar-refractivity contribution in [3.8, 4) is 0 Å². The van der Waals surface area contributed by atoms with Crippen LogP contribution in [0.2, 0.25) is 0 Å². The van der Waals surface area contributed by atoms with Gasteiger partial charge in [-0.3, -0.25) is 14.7 Å². The number of nitrogens with one attached hydrogen (secondary N) is 2. The Kier molecular flexibility index (Phi) is 7.45. The van der Waals surface area contributed by atoms with Crippen LogP contribution >= 0.6 is 0 Å². The highest BCUT2D eigenvalue weighted by Gasteiger charge is 2.24. The Balaban J connectivity index is 1.55. The normalized spacial score (nSPS) is 17.1. The Hall–Kier alpha value is -2.62. The van der Waals surface area contributed by atoms with Crippen LogP contribution < -0.4 is 10.6 Å². The average molecular weight is 400 g/mol.